The molecule has 0 aliphatic heterocycles. The van der Waals surface area contributed by atoms with E-state index in [9.17, 15) is 0 Å². The van der Waals surface area contributed by atoms with Gasteiger partial charge in [0, 0.05) is 12.5 Å². The Morgan fingerprint density at radius 3 is 2.83 bits per heavy atom. The van der Waals surface area contributed by atoms with E-state index < -0.39 is 0 Å². The molecule has 2 atom stereocenters. The molecule has 1 heterocycles. The van der Waals surface area contributed by atoms with Crippen molar-refractivity contribution in [2.45, 2.75) is 71.8 Å². The third-order valence-electron chi connectivity index (χ3n) is 4.28. The van der Waals surface area contributed by atoms with Crippen molar-refractivity contribution in [3.8, 4) is 0 Å². The lowest BCUT2D eigenvalue weighted by Gasteiger charge is -2.25. The predicted octanol–water partition coefficient (Wildman–Crippen LogP) is 3.87. The molecular weight excluding hydrogens is 222 g/mol. The van der Waals surface area contributed by atoms with E-state index in [-0.39, 0.29) is 0 Å². The lowest BCUT2D eigenvalue weighted by Crippen LogP contribution is -2.14. The molecule has 0 spiro atoms. The van der Waals surface area contributed by atoms with Crippen LogP contribution in [-0.2, 0) is 6.54 Å². The van der Waals surface area contributed by atoms with E-state index in [1.165, 1.54) is 44.2 Å². The zero-order valence-corrected chi connectivity index (χ0v) is 12.1. The third-order valence-corrected chi connectivity index (χ3v) is 4.28. The Labute approximate surface area is 111 Å². The number of imidazole rings is 1. The van der Waals surface area contributed by atoms with Gasteiger partial charge >= 0.3 is 0 Å². The molecule has 1 fully saturated rings. The van der Waals surface area contributed by atoms with Gasteiger partial charge in [0.1, 0.15) is 11.6 Å². The fourth-order valence-corrected chi connectivity index (χ4v) is 3.19. The summed E-state index contributed by atoms with van der Waals surface area (Å²) in [6.07, 6.45) is 7.60. The molecule has 0 amide bonds. The quantitative estimate of drug-likeness (QED) is 0.880. The van der Waals surface area contributed by atoms with Crippen LogP contribution in [0.15, 0.2) is 0 Å². The summed E-state index contributed by atoms with van der Waals surface area (Å²) in [5.41, 5.74) is 7.50. The number of rotatable bonds is 4. The van der Waals surface area contributed by atoms with E-state index in [4.69, 9.17) is 10.7 Å². The smallest absolute Gasteiger partial charge is 0.127 e. The van der Waals surface area contributed by atoms with E-state index in [2.05, 4.69) is 25.3 Å². The largest absolute Gasteiger partial charge is 0.384 e. The minimum atomic E-state index is 0.593. The Kier molecular flexibility index (Phi) is 4.31. The molecule has 1 saturated carbocycles. The van der Waals surface area contributed by atoms with Crippen molar-refractivity contribution in [1.82, 2.24) is 9.55 Å². The lowest BCUT2D eigenvalue weighted by molar-refractivity contribution is 0.341. The molecule has 0 aromatic carbocycles. The zero-order valence-electron chi connectivity index (χ0n) is 12.1. The number of aromatic nitrogens is 2. The molecule has 0 saturated heterocycles. The van der Waals surface area contributed by atoms with Gasteiger partial charge in [-0.1, -0.05) is 33.1 Å². The molecule has 3 nitrogen and oxygen atoms in total. The fraction of sp³-hybridized carbons (Fsp3) is 0.800. The van der Waals surface area contributed by atoms with Crippen LogP contribution in [0.4, 0.5) is 5.82 Å². The Balaban J connectivity index is 2.17. The standard InChI is InChI=1S/C15H27N3/c1-4-5-9-18-12(3)17-14(15(18)16)13-8-6-7-11(2)10-13/h11,13H,4-10,16H2,1-3H3. The van der Waals surface area contributed by atoms with Crippen molar-refractivity contribution in [3.63, 3.8) is 0 Å². The van der Waals surface area contributed by atoms with Gasteiger partial charge in [-0.25, -0.2) is 4.98 Å². The third kappa shape index (κ3) is 2.70. The molecule has 1 aliphatic rings. The normalized spacial score (nSPS) is 24.4. The second-order valence-electron chi connectivity index (χ2n) is 5.90. The first-order valence-electron chi connectivity index (χ1n) is 7.46. The molecule has 1 aromatic heterocycles. The Morgan fingerprint density at radius 1 is 1.39 bits per heavy atom. The molecule has 3 heteroatoms. The van der Waals surface area contributed by atoms with Gasteiger partial charge in [-0.2, -0.15) is 0 Å². The highest BCUT2D eigenvalue weighted by molar-refractivity contribution is 5.40. The van der Waals surface area contributed by atoms with Gasteiger partial charge in [0.2, 0.25) is 0 Å². The molecule has 18 heavy (non-hydrogen) atoms. The van der Waals surface area contributed by atoms with Gasteiger partial charge in [0.05, 0.1) is 5.69 Å². The summed E-state index contributed by atoms with van der Waals surface area (Å²) >= 11 is 0. The number of nitrogen functional groups attached to an aromatic ring is 1. The van der Waals surface area contributed by atoms with Crippen LogP contribution in [-0.4, -0.2) is 9.55 Å². The number of hydrogen-bond acceptors (Lipinski definition) is 2. The number of nitrogens with zero attached hydrogens (tertiary/aromatic N) is 2. The molecule has 1 aliphatic carbocycles. The van der Waals surface area contributed by atoms with Gasteiger partial charge in [0.15, 0.2) is 0 Å². The van der Waals surface area contributed by atoms with Crippen molar-refractivity contribution in [2.75, 3.05) is 5.73 Å². The van der Waals surface area contributed by atoms with E-state index in [1.807, 2.05) is 0 Å². The van der Waals surface area contributed by atoms with Crippen LogP contribution in [0.2, 0.25) is 0 Å². The number of hydrogen-bond donors (Lipinski definition) is 1. The summed E-state index contributed by atoms with van der Waals surface area (Å²) in [6, 6.07) is 0. The maximum Gasteiger partial charge on any atom is 0.127 e. The summed E-state index contributed by atoms with van der Waals surface area (Å²) in [4.78, 5) is 4.76. The van der Waals surface area contributed by atoms with Gasteiger partial charge in [-0.3, -0.25) is 0 Å². The molecule has 0 radical (unpaired) electrons. The van der Waals surface area contributed by atoms with Crippen LogP contribution in [0, 0.1) is 12.8 Å². The number of unbranched alkanes of at least 4 members (excludes halogenated alkanes) is 1. The van der Waals surface area contributed by atoms with Crippen molar-refractivity contribution >= 4 is 5.82 Å². The maximum atomic E-state index is 6.32. The van der Waals surface area contributed by atoms with Crippen molar-refractivity contribution in [2.24, 2.45) is 5.92 Å². The summed E-state index contributed by atoms with van der Waals surface area (Å²) in [5.74, 6) is 3.44. The van der Waals surface area contributed by atoms with Crippen molar-refractivity contribution in [1.29, 1.82) is 0 Å². The molecule has 102 valence electrons. The minimum absolute atomic E-state index is 0.593. The first-order chi connectivity index (χ1) is 8.63. The van der Waals surface area contributed by atoms with E-state index in [0.29, 0.717) is 5.92 Å². The van der Waals surface area contributed by atoms with Gasteiger partial charge in [-0.05, 0) is 32.1 Å². The predicted molar refractivity (Wildman–Crippen MR) is 76.7 cm³/mol. The van der Waals surface area contributed by atoms with Gasteiger partial charge < -0.3 is 10.3 Å². The molecular formula is C15H27N3. The van der Waals surface area contributed by atoms with Gasteiger partial charge in [0.25, 0.3) is 0 Å². The van der Waals surface area contributed by atoms with Crippen molar-refractivity contribution in [3.05, 3.63) is 11.5 Å². The maximum absolute atomic E-state index is 6.32. The summed E-state index contributed by atoms with van der Waals surface area (Å²) in [7, 11) is 0. The lowest BCUT2D eigenvalue weighted by atomic mass is 9.81. The fourth-order valence-electron chi connectivity index (χ4n) is 3.19. The van der Waals surface area contributed by atoms with Crippen LogP contribution in [0.25, 0.3) is 0 Å². The summed E-state index contributed by atoms with van der Waals surface area (Å²) < 4.78 is 2.21. The van der Waals surface area contributed by atoms with Crippen LogP contribution >= 0.6 is 0 Å². The Bertz CT molecular complexity index is 395. The molecule has 2 rings (SSSR count). The van der Waals surface area contributed by atoms with Crippen LogP contribution < -0.4 is 5.73 Å². The number of aryl methyl sites for hydroxylation is 1. The average Bonchev–Trinajstić information content (AvgIpc) is 2.63. The Hall–Kier alpha value is -0.990. The molecule has 1 aromatic rings. The second kappa shape index (κ2) is 5.77. The van der Waals surface area contributed by atoms with Crippen molar-refractivity contribution < 1.29 is 0 Å². The topological polar surface area (TPSA) is 43.8 Å². The molecule has 2 N–H and O–H groups in total. The Morgan fingerprint density at radius 2 is 2.17 bits per heavy atom. The second-order valence-corrected chi connectivity index (χ2v) is 5.90. The van der Waals surface area contributed by atoms with E-state index in [0.717, 1.165) is 24.1 Å². The van der Waals surface area contributed by atoms with Crippen LogP contribution in [0.1, 0.15) is 69.8 Å². The van der Waals surface area contributed by atoms with E-state index >= 15 is 0 Å². The highest BCUT2D eigenvalue weighted by Gasteiger charge is 2.25. The first kappa shape index (κ1) is 13.4. The minimum Gasteiger partial charge on any atom is -0.384 e. The average molecular weight is 249 g/mol. The molecule has 0 bridgehead atoms. The summed E-state index contributed by atoms with van der Waals surface area (Å²) in [5, 5.41) is 0. The first-order valence-corrected chi connectivity index (χ1v) is 7.46. The zero-order chi connectivity index (χ0) is 13.1. The van der Waals surface area contributed by atoms with Crippen LogP contribution in [0.5, 0.6) is 0 Å². The molecule has 2 unspecified atom stereocenters. The van der Waals surface area contributed by atoms with Crippen LogP contribution in [0.3, 0.4) is 0 Å². The van der Waals surface area contributed by atoms with E-state index in [1.54, 1.807) is 0 Å². The number of anilines is 1. The van der Waals surface area contributed by atoms with Gasteiger partial charge in [-0.15, -0.1) is 0 Å². The monoisotopic (exact) mass is 249 g/mol. The SMILES string of the molecule is CCCCn1c(C)nc(C2CCCC(C)C2)c1N. The highest BCUT2D eigenvalue weighted by atomic mass is 15.1. The highest BCUT2D eigenvalue weighted by Crippen LogP contribution is 2.37. The summed E-state index contributed by atoms with van der Waals surface area (Å²) in [6.45, 7) is 7.67. The number of nitrogens with two attached hydrogens (primary N) is 1.